The van der Waals surface area contributed by atoms with Gasteiger partial charge in [-0.3, -0.25) is 9.69 Å². The number of amidine groups is 1. The molecule has 2 unspecified atom stereocenters. The zero-order valence-corrected chi connectivity index (χ0v) is 22.3. The van der Waals surface area contributed by atoms with Crippen molar-refractivity contribution in [3.63, 3.8) is 0 Å². The van der Waals surface area contributed by atoms with Crippen molar-refractivity contribution in [1.29, 1.82) is 0 Å². The molecule has 3 fully saturated rings. The SMILES string of the molecule is CCN(CC)c1ccc(/C=C2/O/C(=N/C(C)C3CCCCC3)N(C(C)C3CCCCC3)C2=O)cc1. The molecule has 1 aromatic rings. The fraction of sp³-hybridized carbons (Fsp3) is 0.667. The van der Waals surface area contributed by atoms with Crippen molar-refractivity contribution in [2.24, 2.45) is 16.8 Å². The molecule has 0 radical (unpaired) electrons. The van der Waals surface area contributed by atoms with Gasteiger partial charge in [0, 0.05) is 24.8 Å². The van der Waals surface area contributed by atoms with Crippen molar-refractivity contribution in [3.05, 3.63) is 35.6 Å². The fourth-order valence-corrected chi connectivity index (χ4v) is 6.18. The van der Waals surface area contributed by atoms with Crippen LogP contribution in [0.1, 0.15) is 97.5 Å². The Morgan fingerprint density at radius 2 is 1.51 bits per heavy atom. The van der Waals surface area contributed by atoms with E-state index in [0.717, 1.165) is 18.7 Å². The average Bonchev–Trinajstić information content (AvgIpc) is 3.20. The lowest BCUT2D eigenvalue weighted by atomic mass is 9.84. The minimum atomic E-state index is -0.0366. The molecule has 35 heavy (non-hydrogen) atoms. The van der Waals surface area contributed by atoms with Gasteiger partial charge in [-0.1, -0.05) is 50.7 Å². The second-order valence-corrected chi connectivity index (χ2v) is 10.7. The van der Waals surface area contributed by atoms with E-state index < -0.39 is 0 Å². The molecule has 5 nitrogen and oxygen atoms in total. The van der Waals surface area contributed by atoms with Gasteiger partial charge in [-0.15, -0.1) is 0 Å². The predicted octanol–water partition coefficient (Wildman–Crippen LogP) is 7.03. The van der Waals surface area contributed by atoms with Gasteiger partial charge >= 0.3 is 6.02 Å². The number of hydrogen-bond donors (Lipinski definition) is 0. The molecule has 0 spiro atoms. The van der Waals surface area contributed by atoms with E-state index in [1.165, 1.54) is 69.9 Å². The number of benzene rings is 1. The third kappa shape index (κ3) is 6.10. The Hall–Kier alpha value is -2.30. The van der Waals surface area contributed by atoms with Gasteiger partial charge in [-0.25, -0.2) is 4.99 Å². The van der Waals surface area contributed by atoms with Crippen LogP contribution in [0, 0.1) is 11.8 Å². The van der Waals surface area contributed by atoms with Crippen molar-refractivity contribution in [3.8, 4) is 0 Å². The highest BCUT2D eigenvalue weighted by molar-refractivity contribution is 6.11. The molecule has 2 saturated carbocycles. The average molecular weight is 480 g/mol. The summed E-state index contributed by atoms with van der Waals surface area (Å²) in [6.07, 6.45) is 14.4. The number of aliphatic imine (C=N–C) groups is 1. The molecule has 5 heteroatoms. The maximum Gasteiger partial charge on any atom is 0.300 e. The largest absolute Gasteiger partial charge is 0.420 e. The summed E-state index contributed by atoms with van der Waals surface area (Å²) in [5.41, 5.74) is 2.18. The normalized spacial score (nSPS) is 24.1. The van der Waals surface area contributed by atoms with E-state index in [0.29, 0.717) is 23.6 Å². The molecule has 1 amide bonds. The number of rotatable bonds is 8. The summed E-state index contributed by atoms with van der Waals surface area (Å²) in [7, 11) is 0. The molecule has 1 aliphatic heterocycles. The minimum Gasteiger partial charge on any atom is -0.420 e. The smallest absolute Gasteiger partial charge is 0.300 e. The number of amides is 1. The molecule has 2 atom stereocenters. The van der Waals surface area contributed by atoms with Crippen molar-refractivity contribution >= 4 is 23.7 Å². The maximum atomic E-state index is 13.7. The highest BCUT2D eigenvalue weighted by Gasteiger charge is 2.41. The number of carbonyl (C=O) groups excluding carboxylic acids is 1. The third-order valence-corrected chi connectivity index (χ3v) is 8.54. The first-order valence-electron chi connectivity index (χ1n) is 14.2. The van der Waals surface area contributed by atoms with E-state index >= 15 is 0 Å². The van der Waals surface area contributed by atoms with Gasteiger partial charge in [0.1, 0.15) is 0 Å². The Labute approximate surface area is 212 Å². The highest BCUT2D eigenvalue weighted by atomic mass is 16.5. The van der Waals surface area contributed by atoms with Gasteiger partial charge in [0.2, 0.25) is 0 Å². The first-order valence-corrected chi connectivity index (χ1v) is 14.2. The van der Waals surface area contributed by atoms with Crippen LogP contribution in [0.4, 0.5) is 5.69 Å². The monoisotopic (exact) mass is 479 g/mol. The van der Waals surface area contributed by atoms with Crippen LogP contribution in [-0.4, -0.2) is 42.0 Å². The van der Waals surface area contributed by atoms with E-state index in [1.807, 2.05) is 11.0 Å². The molecule has 1 saturated heterocycles. The molecule has 2 aliphatic carbocycles. The van der Waals surface area contributed by atoms with E-state index in [2.05, 4.69) is 56.9 Å². The van der Waals surface area contributed by atoms with Gasteiger partial charge in [-0.2, -0.15) is 0 Å². The summed E-state index contributed by atoms with van der Waals surface area (Å²) < 4.78 is 6.26. The zero-order valence-electron chi connectivity index (χ0n) is 22.3. The lowest BCUT2D eigenvalue weighted by molar-refractivity contribution is -0.125. The molecule has 4 rings (SSSR count). The highest BCUT2D eigenvalue weighted by Crippen LogP contribution is 2.34. The Morgan fingerprint density at radius 3 is 2.09 bits per heavy atom. The lowest BCUT2D eigenvalue weighted by Crippen LogP contribution is -2.43. The molecule has 3 aliphatic rings. The van der Waals surface area contributed by atoms with E-state index in [1.54, 1.807) is 0 Å². The summed E-state index contributed by atoms with van der Waals surface area (Å²) in [5, 5.41) is 0. The quantitative estimate of drug-likeness (QED) is 0.376. The van der Waals surface area contributed by atoms with Crippen molar-refractivity contribution in [1.82, 2.24) is 4.90 Å². The first-order chi connectivity index (χ1) is 17.0. The van der Waals surface area contributed by atoms with Crippen LogP contribution in [0.5, 0.6) is 0 Å². The number of ether oxygens (including phenoxy) is 1. The Balaban J connectivity index is 1.59. The van der Waals surface area contributed by atoms with Gasteiger partial charge in [0.25, 0.3) is 5.91 Å². The summed E-state index contributed by atoms with van der Waals surface area (Å²) in [6, 6.07) is 9.21. The zero-order chi connectivity index (χ0) is 24.8. The van der Waals surface area contributed by atoms with Crippen LogP contribution in [0.3, 0.4) is 0 Å². The van der Waals surface area contributed by atoms with Crippen LogP contribution in [0.15, 0.2) is 35.0 Å². The number of anilines is 1. The molecule has 0 N–H and O–H groups in total. The summed E-state index contributed by atoms with van der Waals surface area (Å²) in [6.45, 7) is 10.7. The van der Waals surface area contributed by atoms with Crippen LogP contribution in [0.25, 0.3) is 6.08 Å². The number of carbonyl (C=O) groups is 1. The Morgan fingerprint density at radius 1 is 0.943 bits per heavy atom. The molecule has 0 aromatic heterocycles. The molecule has 192 valence electrons. The Kier molecular flexibility index (Phi) is 8.91. The number of nitrogens with zero attached hydrogens (tertiary/aromatic N) is 3. The summed E-state index contributed by atoms with van der Waals surface area (Å²) in [5.74, 6) is 1.46. The van der Waals surface area contributed by atoms with E-state index in [9.17, 15) is 4.79 Å². The minimum absolute atomic E-state index is 0.0366. The second-order valence-electron chi connectivity index (χ2n) is 10.7. The van der Waals surface area contributed by atoms with Crippen molar-refractivity contribution in [2.45, 2.75) is 104 Å². The molecular formula is C30H45N3O2. The molecular weight excluding hydrogens is 434 g/mol. The van der Waals surface area contributed by atoms with Gasteiger partial charge < -0.3 is 9.64 Å². The van der Waals surface area contributed by atoms with Gasteiger partial charge in [0.05, 0.1) is 6.04 Å². The van der Waals surface area contributed by atoms with Crippen molar-refractivity contribution in [2.75, 3.05) is 18.0 Å². The first kappa shape index (κ1) is 25.8. The summed E-state index contributed by atoms with van der Waals surface area (Å²) >= 11 is 0. The Bertz CT molecular complexity index is 891. The lowest BCUT2D eigenvalue weighted by Gasteiger charge is -2.33. The molecule has 0 bridgehead atoms. The van der Waals surface area contributed by atoms with E-state index in [-0.39, 0.29) is 18.0 Å². The van der Waals surface area contributed by atoms with Gasteiger partial charge in [0.15, 0.2) is 5.76 Å². The predicted molar refractivity (Wildman–Crippen MR) is 145 cm³/mol. The maximum absolute atomic E-state index is 13.7. The summed E-state index contributed by atoms with van der Waals surface area (Å²) in [4.78, 5) is 22.9. The molecule has 1 aromatic carbocycles. The van der Waals surface area contributed by atoms with E-state index in [4.69, 9.17) is 9.73 Å². The molecule has 1 heterocycles. The fourth-order valence-electron chi connectivity index (χ4n) is 6.18. The number of hydrogen-bond acceptors (Lipinski definition) is 4. The van der Waals surface area contributed by atoms with Crippen LogP contribution >= 0.6 is 0 Å². The van der Waals surface area contributed by atoms with Crippen LogP contribution in [0.2, 0.25) is 0 Å². The van der Waals surface area contributed by atoms with Crippen molar-refractivity contribution < 1.29 is 9.53 Å². The topological polar surface area (TPSA) is 45.1 Å². The van der Waals surface area contributed by atoms with Crippen LogP contribution in [-0.2, 0) is 9.53 Å². The standard InChI is InChI=1S/C30H45N3O2/c1-5-32(6-2)27-19-17-24(18-20-27)21-28-29(34)33(23(4)26-15-11-8-12-16-26)30(35-28)31-22(3)25-13-9-7-10-14-25/h17-23,25-26H,5-16H2,1-4H3/b28-21+,31-30+. The van der Waals surface area contributed by atoms with Crippen LogP contribution < -0.4 is 4.90 Å². The third-order valence-electron chi connectivity index (χ3n) is 8.54. The van der Waals surface area contributed by atoms with Gasteiger partial charge in [-0.05, 0) is 89.0 Å². The second kappa shape index (κ2) is 12.1.